The van der Waals surface area contributed by atoms with Gasteiger partial charge in [0.05, 0.1) is 14.2 Å². The summed E-state index contributed by atoms with van der Waals surface area (Å²) in [5.41, 5.74) is 0.989. The molecule has 1 unspecified atom stereocenters. The largest absolute Gasteiger partial charge is 0.497 e. The van der Waals surface area contributed by atoms with Crippen LogP contribution in [0.3, 0.4) is 0 Å². The van der Waals surface area contributed by atoms with Gasteiger partial charge < -0.3 is 19.5 Å². The molecule has 0 radical (unpaired) electrons. The van der Waals surface area contributed by atoms with E-state index >= 15 is 0 Å². The molecule has 1 N–H and O–H groups in total. The lowest BCUT2D eigenvalue weighted by Gasteiger charge is -2.18. The van der Waals surface area contributed by atoms with Crippen molar-refractivity contribution in [2.24, 2.45) is 0 Å². The zero-order valence-corrected chi connectivity index (χ0v) is 12.6. The van der Waals surface area contributed by atoms with E-state index in [0.29, 0.717) is 11.5 Å². The highest BCUT2D eigenvalue weighted by molar-refractivity contribution is 5.71. The van der Waals surface area contributed by atoms with Gasteiger partial charge in [-0.25, -0.2) is 4.79 Å². The van der Waals surface area contributed by atoms with Gasteiger partial charge in [-0.15, -0.1) is 0 Å². The smallest absolute Gasteiger partial charge is 0.343 e. The van der Waals surface area contributed by atoms with Crippen LogP contribution in [0.25, 0.3) is 0 Å². The van der Waals surface area contributed by atoms with Gasteiger partial charge in [-0.05, 0) is 26.0 Å². The molecule has 5 heteroatoms. The van der Waals surface area contributed by atoms with Gasteiger partial charge in [-0.2, -0.15) is 0 Å². The molecule has 0 saturated carbocycles. The van der Waals surface area contributed by atoms with E-state index in [1.165, 1.54) is 7.11 Å². The Kier molecular flexibility index (Phi) is 6.87. The van der Waals surface area contributed by atoms with Gasteiger partial charge in [0.1, 0.15) is 11.5 Å². The van der Waals surface area contributed by atoms with Crippen LogP contribution in [-0.2, 0) is 9.53 Å². The molecule has 112 valence electrons. The fraction of sp³-hybridized carbons (Fsp3) is 0.533. The molecule has 0 aliphatic carbocycles. The van der Waals surface area contributed by atoms with Crippen molar-refractivity contribution in [1.82, 2.24) is 5.32 Å². The van der Waals surface area contributed by atoms with E-state index in [2.05, 4.69) is 23.9 Å². The fourth-order valence-corrected chi connectivity index (χ4v) is 1.79. The molecule has 0 aliphatic heterocycles. The van der Waals surface area contributed by atoms with Gasteiger partial charge in [0.2, 0.25) is 0 Å². The van der Waals surface area contributed by atoms with Crippen LogP contribution < -0.4 is 14.8 Å². The lowest BCUT2D eigenvalue weighted by molar-refractivity contribution is -0.142. The number of hydrogen-bond donors (Lipinski definition) is 1. The molecule has 0 spiro atoms. The van der Waals surface area contributed by atoms with E-state index in [4.69, 9.17) is 9.47 Å². The first kappa shape index (κ1) is 16.3. The fourth-order valence-electron chi connectivity index (χ4n) is 1.79. The van der Waals surface area contributed by atoms with Crippen LogP contribution >= 0.6 is 0 Å². The van der Waals surface area contributed by atoms with Gasteiger partial charge >= 0.3 is 5.97 Å². The first-order valence-electron chi connectivity index (χ1n) is 6.73. The van der Waals surface area contributed by atoms with Gasteiger partial charge in [0.25, 0.3) is 0 Å². The minimum absolute atomic E-state index is 0.114. The molecule has 0 aliphatic rings. The summed E-state index contributed by atoms with van der Waals surface area (Å²) in [7, 11) is 2.93. The average molecular weight is 281 g/mol. The van der Waals surface area contributed by atoms with E-state index in [-0.39, 0.29) is 12.6 Å². The summed E-state index contributed by atoms with van der Waals surface area (Å²) in [6.07, 6.45) is 1.05. The minimum atomic E-state index is -0.409. The van der Waals surface area contributed by atoms with Crippen LogP contribution in [-0.4, -0.2) is 33.3 Å². The summed E-state index contributed by atoms with van der Waals surface area (Å²) in [4.78, 5) is 11.2. The number of carbonyl (C=O) groups is 1. The zero-order chi connectivity index (χ0) is 15.0. The molecule has 0 heterocycles. The molecule has 1 aromatic rings. The summed E-state index contributed by atoms with van der Waals surface area (Å²) in [5.74, 6) is 0.912. The van der Waals surface area contributed by atoms with Crippen LogP contribution in [0.15, 0.2) is 18.2 Å². The lowest BCUT2D eigenvalue weighted by Crippen LogP contribution is -2.21. The van der Waals surface area contributed by atoms with Crippen molar-refractivity contribution in [2.75, 3.05) is 27.4 Å². The number of rotatable bonds is 8. The number of methoxy groups -OCH3 is 2. The van der Waals surface area contributed by atoms with Crippen molar-refractivity contribution in [3.8, 4) is 11.5 Å². The summed E-state index contributed by atoms with van der Waals surface area (Å²) >= 11 is 0. The van der Waals surface area contributed by atoms with E-state index in [1.54, 1.807) is 13.2 Å². The molecule has 0 bridgehead atoms. The number of ether oxygens (including phenoxy) is 3. The first-order chi connectivity index (χ1) is 9.62. The molecule has 0 fully saturated rings. The maximum Gasteiger partial charge on any atom is 0.343 e. The van der Waals surface area contributed by atoms with Crippen LogP contribution in [0.4, 0.5) is 0 Å². The maximum atomic E-state index is 11.2. The summed E-state index contributed by atoms with van der Waals surface area (Å²) in [6, 6.07) is 5.74. The molecule has 0 saturated heterocycles. The van der Waals surface area contributed by atoms with Crippen LogP contribution in [0.2, 0.25) is 0 Å². The van der Waals surface area contributed by atoms with Crippen molar-refractivity contribution in [1.29, 1.82) is 0 Å². The van der Waals surface area contributed by atoms with E-state index in [0.717, 1.165) is 18.5 Å². The van der Waals surface area contributed by atoms with Crippen LogP contribution in [0.1, 0.15) is 31.9 Å². The molecular weight excluding hydrogens is 258 g/mol. The molecule has 5 nitrogen and oxygen atoms in total. The van der Waals surface area contributed by atoms with Crippen molar-refractivity contribution >= 4 is 5.97 Å². The second kappa shape index (κ2) is 8.43. The molecule has 1 aromatic carbocycles. The Bertz CT molecular complexity index is 434. The summed E-state index contributed by atoms with van der Waals surface area (Å²) in [6.45, 7) is 4.98. The second-order valence-electron chi connectivity index (χ2n) is 4.44. The Morgan fingerprint density at radius 2 is 2.10 bits per heavy atom. The number of carbonyl (C=O) groups excluding carboxylic acids is 1. The normalized spacial score (nSPS) is 11.8. The van der Waals surface area contributed by atoms with E-state index in [1.807, 2.05) is 12.1 Å². The van der Waals surface area contributed by atoms with Crippen molar-refractivity contribution in [2.45, 2.75) is 26.3 Å². The number of esters is 1. The third kappa shape index (κ3) is 4.74. The predicted molar refractivity (Wildman–Crippen MR) is 77.2 cm³/mol. The number of hydrogen-bond acceptors (Lipinski definition) is 5. The van der Waals surface area contributed by atoms with E-state index < -0.39 is 5.97 Å². The van der Waals surface area contributed by atoms with Gasteiger partial charge in [0.15, 0.2) is 6.61 Å². The maximum absolute atomic E-state index is 11.2. The number of benzene rings is 1. The quantitative estimate of drug-likeness (QED) is 0.741. The highest BCUT2D eigenvalue weighted by Gasteiger charge is 2.13. The van der Waals surface area contributed by atoms with Gasteiger partial charge in [-0.1, -0.05) is 13.0 Å². The molecule has 20 heavy (non-hydrogen) atoms. The summed E-state index contributed by atoms with van der Waals surface area (Å²) in [5, 5.41) is 3.39. The first-order valence-corrected chi connectivity index (χ1v) is 6.73. The molecular formula is C15H23NO4. The third-order valence-electron chi connectivity index (χ3n) is 2.96. The van der Waals surface area contributed by atoms with Gasteiger partial charge in [0, 0.05) is 17.7 Å². The topological polar surface area (TPSA) is 56.8 Å². The van der Waals surface area contributed by atoms with Crippen molar-refractivity contribution < 1.29 is 19.0 Å². The molecule has 1 atom stereocenters. The zero-order valence-electron chi connectivity index (χ0n) is 12.6. The minimum Gasteiger partial charge on any atom is -0.497 e. The highest BCUT2D eigenvalue weighted by atomic mass is 16.6. The Labute approximate surface area is 120 Å². The third-order valence-corrected chi connectivity index (χ3v) is 2.96. The van der Waals surface area contributed by atoms with Crippen LogP contribution in [0.5, 0.6) is 11.5 Å². The average Bonchev–Trinajstić information content (AvgIpc) is 2.49. The summed E-state index contributed by atoms with van der Waals surface area (Å²) < 4.78 is 15.3. The standard InChI is InChI=1S/C15H23NO4/c1-5-8-16-11(2)13-7-6-12(18-3)9-14(13)20-10-15(17)19-4/h6-7,9,11,16H,5,8,10H2,1-4H3. The molecule has 1 rings (SSSR count). The Morgan fingerprint density at radius 3 is 2.70 bits per heavy atom. The Hall–Kier alpha value is -1.75. The second-order valence-corrected chi connectivity index (χ2v) is 4.44. The highest BCUT2D eigenvalue weighted by Crippen LogP contribution is 2.29. The molecule has 0 aromatic heterocycles. The number of nitrogens with one attached hydrogen (secondary N) is 1. The van der Waals surface area contributed by atoms with Crippen molar-refractivity contribution in [3.05, 3.63) is 23.8 Å². The predicted octanol–water partition coefficient (Wildman–Crippen LogP) is 2.31. The Morgan fingerprint density at radius 1 is 1.35 bits per heavy atom. The van der Waals surface area contributed by atoms with E-state index in [9.17, 15) is 4.79 Å². The SMILES string of the molecule is CCCNC(C)c1ccc(OC)cc1OCC(=O)OC. The van der Waals surface area contributed by atoms with Crippen LogP contribution in [0, 0.1) is 0 Å². The molecule has 0 amide bonds. The van der Waals surface area contributed by atoms with Crippen molar-refractivity contribution in [3.63, 3.8) is 0 Å². The van der Waals surface area contributed by atoms with Gasteiger partial charge in [-0.3, -0.25) is 0 Å². The lowest BCUT2D eigenvalue weighted by atomic mass is 10.1. The Balaban J connectivity index is 2.88. The monoisotopic (exact) mass is 281 g/mol.